The first kappa shape index (κ1) is 21.5. The van der Waals surface area contributed by atoms with Crippen LogP contribution in [0.2, 0.25) is 0 Å². The normalized spacial score (nSPS) is 14.8. The van der Waals surface area contributed by atoms with Gasteiger partial charge in [0.2, 0.25) is 5.91 Å². The molecule has 1 N–H and O–H groups in total. The van der Waals surface area contributed by atoms with E-state index in [4.69, 9.17) is 4.74 Å². The van der Waals surface area contributed by atoms with Gasteiger partial charge in [0.15, 0.2) is 0 Å². The van der Waals surface area contributed by atoms with E-state index in [-0.39, 0.29) is 11.8 Å². The molecule has 0 spiro atoms. The van der Waals surface area contributed by atoms with Crippen LogP contribution >= 0.6 is 11.3 Å². The predicted molar refractivity (Wildman–Crippen MR) is 115 cm³/mol. The Labute approximate surface area is 176 Å². The molecule has 3 rings (SSSR count). The van der Waals surface area contributed by atoms with E-state index in [9.17, 15) is 9.59 Å². The molecule has 1 aromatic heterocycles. The van der Waals surface area contributed by atoms with Gasteiger partial charge >= 0.3 is 0 Å². The van der Waals surface area contributed by atoms with Crippen molar-refractivity contribution in [2.45, 2.75) is 32.6 Å². The highest BCUT2D eigenvalue weighted by Crippen LogP contribution is 2.30. The van der Waals surface area contributed by atoms with E-state index in [0.29, 0.717) is 38.6 Å². The third-order valence-electron chi connectivity index (χ3n) is 5.23. The molecule has 0 radical (unpaired) electrons. The summed E-state index contributed by atoms with van der Waals surface area (Å²) in [4.78, 5) is 32.3. The molecule has 0 bridgehead atoms. The molecule has 0 atom stereocenters. The van der Waals surface area contributed by atoms with Crippen LogP contribution in [0.25, 0.3) is 10.6 Å². The van der Waals surface area contributed by atoms with Crippen LogP contribution in [0.3, 0.4) is 0 Å². The van der Waals surface area contributed by atoms with Gasteiger partial charge in [-0.15, -0.1) is 11.3 Å². The maximum atomic E-state index is 13.0. The zero-order valence-corrected chi connectivity index (χ0v) is 18.0. The van der Waals surface area contributed by atoms with Gasteiger partial charge in [-0.1, -0.05) is 30.3 Å². The zero-order chi connectivity index (χ0) is 20.6. The Hall–Kier alpha value is -2.25. The summed E-state index contributed by atoms with van der Waals surface area (Å²) in [5.74, 6) is 0.491. The van der Waals surface area contributed by atoms with Crippen molar-refractivity contribution in [3.8, 4) is 10.6 Å². The number of methoxy groups -OCH3 is 1. The topological polar surface area (TPSA) is 71.5 Å². The largest absolute Gasteiger partial charge is 0.385 e. The van der Waals surface area contributed by atoms with Gasteiger partial charge in [-0.3, -0.25) is 9.59 Å². The van der Waals surface area contributed by atoms with Crippen LogP contribution in [-0.2, 0) is 9.53 Å². The molecule has 1 aromatic carbocycles. The van der Waals surface area contributed by atoms with Crippen molar-refractivity contribution in [1.29, 1.82) is 0 Å². The number of carbonyl (C=O) groups excluding carboxylic acids is 2. The lowest BCUT2D eigenvalue weighted by Gasteiger charge is -2.31. The highest BCUT2D eigenvalue weighted by molar-refractivity contribution is 7.17. The molecule has 1 fully saturated rings. The third kappa shape index (κ3) is 5.87. The number of nitrogens with zero attached hydrogens (tertiary/aromatic N) is 2. The van der Waals surface area contributed by atoms with Crippen LogP contribution in [0.15, 0.2) is 30.3 Å². The number of thiazole rings is 1. The molecular weight excluding hydrogens is 386 g/mol. The summed E-state index contributed by atoms with van der Waals surface area (Å²) < 4.78 is 4.99. The summed E-state index contributed by atoms with van der Waals surface area (Å²) in [6.07, 6.45) is 3.09. The summed E-state index contributed by atoms with van der Waals surface area (Å²) in [6.45, 7) is 4.59. The fraction of sp³-hybridized carbons (Fsp3) is 0.500. The van der Waals surface area contributed by atoms with Crippen molar-refractivity contribution in [2.75, 3.05) is 33.4 Å². The van der Waals surface area contributed by atoms with Crippen LogP contribution < -0.4 is 5.32 Å². The maximum absolute atomic E-state index is 13.0. The van der Waals surface area contributed by atoms with Gasteiger partial charge in [0.1, 0.15) is 9.88 Å². The third-order valence-corrected chi connectivity index (χ3v) is 6.43. The molecule has 0 saturated carbocycles. The average molecular weight is 416 g/mol. The van der Waals surface area contributed by atoms with E-state index in [0.717, 1.165) is 40.4 Å². The molecule has 156 valence electrons. The molecule has 6 nitrogen and oxygen atoms in total. The second-order valence-electron chi connectivity index (χ2n) is 7.44. The highest BCUT2D eigenvalue weighted by Gasteiger charge is 2.27. The average Bonchev–Trinajstić information content (AvgIpc) is 3.13. The molecule has 29 heavy (non-hydrogen) atoms. The Kier molecular flexibility index (Phi) is 7.77. The fourth-order valence-electron chi connectivity index (χ4n) is 3.56. The Morgan fingerprint density at radius 3 is 2.66 bits per heavy atom. The van der Waals surface area contributed by atoms with E-state index >= 15 is 0 Å². The summed E-state index contributed by atoms with van der Waals surface area (Å²) in [6, 6.07) is 9.95. The molecule has 2 amide bonds. The number of ether oxygens (including phenoxy) is 1. The van der Waals surface area contributed by atoms with Gasteiger partial charge in [0.05, 0.1) is 5.69 Å². The first-order valence-corrected chi connectivity index (χ1v) is 11.0. The molecule has 2 aromatic rings. The number of hydrogen-bond donors (Lipinski definition) is 1. The Morgan fingerprint density at radius 1 is 1.24 bits per heavy atom. The Bertz CT molecular complexity index is 814. The molecule has 1 aliphatic heterocycles. The molecule has 7 heteroatoms. The SMILES string of the molecule is COCCCNC(=O)CC1CCN(C(=O)c2sc(-c3ccccc3)nc2C)CC1. The van der Waals surface area contributed by atoms with Gasteiger partial charge in [-0.05, 0) is 32.1 Å². The van der Waals surface area contributed by atoms with Crippen molar-refractivity contribution < 1.29 is 14.3 Å². The second kappa shape index (κ2) is 10.5. The fourth-order valence-corrected chi connectivity index (χ4v) is 4.60. The van der Waals surface area contributed by atoms with Crippen molar-refractivity contribution in [1.82, 2.24) is 15.2 Å². The van der Waals surface area contributed by atoms with Crippen LogP contribution in [-0.4, -0.2) is 55.0 Å². The number of amides is 2. The molecule has 0 unspecified atom stereocenters. The number of hydrogen-bond acceptors (Lipinski definition) is 5. The smallest absolute Gasteiger partial charge is 0.265 e. The monoisotopic (exact) mass is 415 g/mol. The number of carbonyl (C=O) groups is 2. The minimum atomic E-state index is 0.0599. The van der Waals surface area contributed by atoms with Gasteiger partial charge in [0.25, 0.3) is 5.91 Å². The number of likely N-dealkylation sites (tertiary alicyclic amines) is 1. The van der Waals surface area contributed by atoms with Gasteiger partial charge in [-0.25, -0.2) is 4.98 Å². The number of nitrogens with one attached hydrogen (secondary N) is 1. The van der Waals surface area contributed by atoms with Gasteiger partial charge in [-0.2, -0.15) is 0 Å². The van der Waals surface area contributed by atoms with E-state index in [2.05, 4.69) is 10.3 Å². The van der Waals surface area contributed by atoms with Crippen molar-refractivity contribution in [3.63, 3.8) is 0 Å². The highest BCUT2D eigenvalue weighted by atomic mass is 32.1. The Balaban J connectivity index is 1.50. The van der Waals surface area contributed by atoms with Crippen molar-refractivity contribution in [3.05, 3.63) is 40.9 Å². The number of rotatable bonds is 8. The quantitative estimate of drug-likeness (QED) is 0.670. The molecular formula is C22H29N3O3S. The van der Waals surface area contributed by atoms with E-state index in [1.165, 1.54) is 11.3 Å². The molecule has 2 heterocycles. The lowest BCUT2D eigenvalue weighted by molar-refractivity contribution is -0.122. The van der Waals surface area contributed by atoms with Crippen LogP contribution in [0.5, 0.6) is 0 Å². The van der Waals surface area contributed by atoms with Crippen molar-refractivity contribution in [2.24, 2.45) is 5.92 Å². The maximum Gasteiger partial charge on any atom is 0.265 e. The summed E-state index contributed by atoms with van der Waals surface area (Å²) in [7, 11) is 1.66. The number of benzene rings is 1. The van der Waals surface area contributed by atoms with Crippen LogP contribution in [0, 0.1) is 12.8 Å². The van der Waals surface area contributed by atoms with Gasteiger partial charge < -0.3 is 15.0 Å². The van der Waals surface area contributed by atoms with Crippen molar-refractivity contribution >= 4 is 23.2 Å². The lowest BCUT2D eigenvalue weighted by Crippen LogP contribution is -2.39. The first-order chi connectivity index (χ1) is 14.1. The predicted octanol–water partition coefficient (Wildman–Crippen LogP) is 3.51. The lowest BCUT2D eigenvalue weighted by atomic mass is 9.93. The standard InChI is InChI=1S/C22H29N3O3S/c1-16-20(29-21(24-16)18-7-4-3-5-8-18)22(27)25-12-9-17(10-13-25)15-19(26)23-11-6-14-28-2/h3-5,7-8,17H,6,9-15H2,1-2H3,(H,23,26). The molecule has 1 aliphatic rings. The van der Waals surface area contributed by atoms with Crippen LogP contribution in [0.1, 0.15) is 41.0 Å². The summed E-state index contributed by atoms with van der Waals surface area (Å²) in [5.41, 5.74) is 1.83. The van der Waals surface area contributed by atoms with E-state index in [1.807, 2.05) is 42.2 Å². The minimum absolute atomic E-state index is 0.0599. The summed E-state index contributed by atoms with van der Waals surface area (Å²) in [5, 5.41) is 3.83. The molecule has 0 aliphatic carbocycles. The van der Waals surface area contributed by atoms with E-state index in [1.54, 1.807) is 7.11 Å². The van der Waals surface area contributed by atoms with E-state index < -0.39 is 0 Å². The summed E-state index contributed by atoms with van der Waals surface area (Å²) >= 11 is 1.46. The van der Waals surface area contributed by atoms with Crippen LogP contribution in [0.4, 0.5) is 0 Å². The second-order valence-corrected chi connectivity index (χ2v) is 8.43. The minimum Gasteiger partial charge on any atom is -0.385 e. The first-order valence-electron chi connectivity index (χ1n) is 10.2. The number of aryl methyl sites for hydroxylation is 1. The molecule has 1 saturated heterocycles. The number of aromatic nitrogens is 1. The zero-order valence-electron chi connectivity index (χ0n) is 17.1. The number of piperidine rings is 1. The Morgan fingerprint density at radius 2 is 1.97 bits per heavy atom. The van der Waals surface area contributed by atoms with Gasteiger partial charge in [0, 0.05) is 45.3 Å².